The summed E-state index contributed by atoms with van der Waals surface area (Å²) in [6.07, 6.45) is 1.14. The zero-order valence-corrected chi connectivity index (χ0v) is 9.82. The van der Waals surface area contributed by atoms with Crippen molar-refractivity contribution in [2.24, 2.45) is 0 Å². The van der Waals surface area contributed by atoms with E-state index >= 15 is 0 Å². The summed E-state index contributed by atoms with van der Waals surface area (Å²) < 4.78 is 5.80. The Balaban J connectivity index is 4.33. The normalized spacial score (nSPS) is 18.0. The van der Waals surface area contributed by atoms with Crippen molar-refractivity contribution in [2.75, 3.05) is 6.61 Å². The SMILES string of the molecule is CCOC(C)(CC)[Si](C)(C)C. The van der Waals surface area contributed by atoms with Gasteiger partial charge in [0, 0.05) is 6.61 Å². The van der Waals surface area contributed by atoms with E-state index in [0.717, 1.165) is 13.0 Å². The average Bonchev–Trinajstić information content (AvgIpc) is 1.86. The minimum absolute atomic E-state index is 0.168. The number of hydrogen-bond acceptors (Lipinski definition) is 1. The number of rotatable bonds is 4. The van der Waals surface area contributed by atoms with E-state index in [2.05, 4.69) is 40.4 Å². The lowest BCUT2D eigenvalue weighted by Gasteiger charge is -2.39. The van der Waals surface area contributed by atoms with Gasteiger partial charge in [-0.15, -0.1) is 0 Å². The van der Waals surface area contributed by atoms with E-state index in [1.807, 2.05) is 0 Å². The van der Waals surface area contributed by atoms with Crippen molar-refractivity contribution in [2.45, 2.75) is 52.1 Å². The summed E-state index contributed by atoms with van der Waals surface area (Å²) >= 11 is 0. The van der Waals surface area contributed by atoms with E-state index < -0.39 is 8.07 Å². The maximum atomic E-state index is 5.80. The predicted molar refractivity (Wildman–Crippen MR) is 53.7 cm³/mol. The Morgan fingerprint density at radius 1 is 1.18 bits per heavy atom. The molecule has 0 amide bonds. The van der Waals surface area contributed by atoms with Crippen molar-refractivity contribution in [3.63, 3.8) is 0 Å². The van der Waals surface area contributed by atoms with Crippen LogP contribution >= 0.6 is 0 Å². The van der Waals surface area contributed by atoms with Gasteiger partial charge in [0.15, 0.2) is 0 Å². The summed E-state index contributed by atoms with van der Waals surface area (Å²) in [4.78, 5) is 0. The molecule has 0 bridgehead atoms. The van der Waals surface area contributed by atoms with E-state index in [1.165, 1.54) is 0 Å². The first-order chi connectivity index (χ1) is 4.87. The van der Waals surface area contributed by atoms with E-state index in [-0.39, 0.29) is 5.22 Å². The summed E-state index contributed by atoms with van der Waals surface area (Å²) in [5, 5.41) is 0.168. The first-order valence-electron chi connectivity index (χ1n) is 4.51. The fraction of sp³-hybridized carbons (Fsp3) is 1.00. The first-order valence-corrected chi connectivity index (χ1v) is 8.01. The zero-order chi connectivity index (χ0) is 9.12. The lowest BCUT2D eigenvalue weighted by molar-refractivity contribution is 0.0293. The molecule has 0 rings (SSSR count). The predicted octanol–water partition coefficient (Wildman–Crippen LogP) is 3.07. The number of hydrogen-bond donors (Lipinski definition) is 0. The van der Waals surface area contributed by atoms with Crippen LogP contribution in [0.3, 0.4) is 0 Å². The minimum Gasteiger partial charge on any atom is -0.379 e. The molecule has 0 aromatic carbocycles. The lowest BCUT2D eigenvalue weighted by Crippen LogP contribution is -2.51. The van der Waals surface area contributed by atoms with Crippen LogP contribution in [0.1, 0.15) is 27.2 Å². The Labute approximate surface area is 72.2 Å². The Bertz CT molecular complexity index is 117. The Morgan fingerprint density at radius 3 is 1.73 bits per heavy atom. The largest absolute Gasteiger partial charge is 0.379 e. The van der Waals surface area contributed by atoms with Gasteiger partial charge in [-0.05, 0) is 20.3 Å². The molecule has 0 aromatic heterocycles. The molecular formula is C9H22OSi. The summed E-state index contributed by atoms with van der Waals surface area (Å²) in [6.45, 7) is 14.5. The van der Waals surface area contributed by atoms with E-state index in [4.69, 9.17) is 4.74 Å². The topological polar surface area (TPSA) is 9.23 Å². The van der Waals surface area contributed by atoms with Gasteiger partial charge in [0.1, 0.15) is 0 Å². The fourth-order valence-corrected chi connectivity index (χ4v) is 2.81. The van der Waals surface area contributed by atoms with Gasteiger partial charge in [-0.25, -0.2) is 0 Å². The molecule has 1 unspecified atom stereocenters. The van der Waals surface area contributed by atoms with Crippen LogP contribution in [0.2, 0.25) is 19.6 Å². The van der Waals surface area contributed by atoms with Crippen molar-refractivity contribution in [1.29, 1.82) is 0 Å². The summed E-state index contributed by atoms with van der Waals surface area (Å²) in [6, 6.07) is 0. The third-order valence-corrected chi connectivity index (χ3v) is 6.40. The molecule has 0 saturated heterocycles. The van der Waals surface area contributed by atoms with Crippen LogP contribution in [0.4, 0.5) is 0 Å². The highest BCUT2D eigenvalue weighted by Crippen LogP contribution is 2.27. The highest BCUT2D eigenvalue weighted by molar-refractivity contribution is 6.78. The Hall–Kier alpha value is 0.177. The van der Waals surface area contributed by atoms with Crippen LogP contribution < -0.4 is 0 Å². The number of ether oxygens (including phenoxy) is 1. The van der Waals surface area contributed by atoms with Crippen LogP contribution in [0.25, 0.3) is 0 Å². The molecule has 68 valence electrons. The van der Waals surface area contributed by atoms with Crippen molar-refractivity contribution in [3.05, 3.63) is 0 Å². The quantitative estimate of drug-likeness (QED) is 0.595. The van der Waals surface area contributed by atoms with E-state index in [0.29, 0.717) is 0 Å². The summed E-state index contributed by atoms with van der Waals surface area (Å²) in [5.41, 5.74) is 0. The molecule has 0 aliphatic heterocycles. The molecule has 0 N–H and O–H groups in total. The summed E-state index contributed by atoms with van der Waals surface area (Å²) in [5.74, 6) is 0. The van der Waals surface area contributed by atoms with Crippen molar-refractivity contribution in [3.8, 4) is 0 Å². The molecule has 0 radical (unpaired) electrons. The average molecular weight is 174 g/mol. The smallest absolute Gasteiger partial charge is 0.0820 e. The monoisotopic (exact) mass is 174 g/mol. The molecule has 2 heteroatoms. The van der Waals surface area contributed by atoms with Gasteiger partial charge < -0.3 is 4.74 Å². The highest BCUT2D eigenvalue weighted by Gasteiger charge is 2.37. The van der Waals surface area contributed by atoms with E-state index in [9.17, 15) is 0 Å². The molecule has 0 fully saturated rings. The molecule has 0 aliphatic rings. The van der Waals surface area contributed by atoms with Gasteiger partial charge in [0.25, 0.3) is 0 Å². The molecule has 0 saturated carbocycles. The van der Waals surface area contributed by atoms with Gasteiger partial charge >= 0.3 is 0 Å². The maximum absolute atomic E-state index is 5.80. The third kappa shape index (κ3) is 2.60. The van der Waals surface area contributed by atoms with E-state index in [1.54, 1.807) is 0 Å². The van der Waals surface area contributed by atoms with Gasteiger partial charge in [-0.1, -0.05) is 26.6 Å². The maximum Gasteiger partial charge on any atom is 0.0820 e. The molecule has 0 aliphatic carbocycles. The Morgan fingerprint density at radius 2 is 1.64 bits per heavy atom. The van der Waals surface area contributed by atoms with Crippen LogP contribution in [0, 0.1) is 0 Å². The highest BCUT2D eigenvalue weighted by atomic mass is 28.3. The van der Waals surface area contributed by atoms with Gasteiger partial charge in [0.05, 0.1) is 13.3 Å². The zero-order valence-electron chi connectivity index (χ0n) is 8.82. The van der Waals surface area contributed by atoms with Crippen molar-refractivity contribution < 1.29 is 4.74 Å². The molecule has 11 heavy (non-hydrogen) atoms. The lowest BCUT2D eigenvalue weighted by atomic mass is 10.3. The van der Waals surface area contributed by atoms with Crippen LogP contribution in [-0.2, 0) is 4.74 Å². The van der Waals surface area contributed by atoms with Crippen LogP contribution in [-0.4, -0.2) is 19.9 Å². The van der Waals surface area contributed by atoms with Gasteiger partial charge in [-0.3, -0.25) is 0 Å². The molecule has 1 nitrogen and oxygen atoms in total. The third-order valence-electron chi connectivity index (χ3n) is 2.72. The van der Waals surface area contributed by atoms with Gasteiger partial charge in [0.2, 0.25) is 0 Å². The van der Waals surface area contributed by atoms with Crippen LogP contribution in [0.15, 0.2) is 0 Å². The molecule has 0 aromatic rings. The van der Waals surface area contributed by atoms with Gasteiger partial charge in [-0.2, -0.15) is 0 Å². The fourth-order valence-electron chi connectivity index (χ4n) is 1.17. The molecular weight excluding hydrogens is 152 g/mol. The minimum atomic E-state index is -1.15. The second-order valence-electron chi connectivity index (χ2n) is 4.27. The molecule has 0 heterocycles. The second-order valence-corrected chi connectivity index (χ2v) is 9.83. The molecule has 0 spiro atoms. The second kappa shape index (κ2) is 3.72. The summed E-state index contributed by atoms with van der Waals surface area (Å²) in [7, 11) is -1.15. The van der Waals surface area contributed by atoms with Crippen LogP contribution in [0.5, 0.6) is 0 Å². The molecule has 1 atom stereocenters. The van der Waals surface area contributed by atoms with Crippen molar-refractivity contribution >= 4 is 8.07 Å². The van der Waals surface area contributed by atoms with Crippen molar-refractivity contribution in [1.82, 2.24) is 0 Å². The standard InChI is InChI=1S/C9H22OSi/c1-7-9(3,10-8-2)11(4,5)6/h7-8H2,1-6H3. The Kier molecular flexibility index (Phi) is 3.78. The first kappa shape index (κ1) is 11.2.